The van der Waals surface area contributed by atoms with Gasteiger partial charge < -0.3 is 14.5 Å². The zero-order valence-corrected chi connectivity index (χ0v) is 17.4. The van der Waals surface area contributed by atoms with Crippen molar-refractivity contribution in [2.24, 2.45) is 0 Å². The molecule has 0 saturated carbocycles. The van der Waals surface area contributed by atoms with Crippen LogP contribution in [0.5, 0.6) is 11.8 Å². The molecule has 0 spiro atoms. The molecule has 0 atom stereocenters. The van der Waals surface area contributed by atoms with Crippen LogP contribution >= 0.6 is 11.6 Å². The molecule has 0 radical (unpaired) electrons. The number of aryl methyl sites for hydroxylation is 1. The zero-order valence-electron chi connectivity index (χ0n) is 16.6. The van der Waals surface area contributed by atoms with Gasteiger partial charge in [-0.15, -0.1) is 0 Å². The van der Waals surface area contributed by atoms with Crippen LogP contribution in [0.3, 0.4) is 0 Å². The van der Waals surface area contributed by atoms with E-state index >= 15 is 0 Å². The average Bonchev–Trinajstić information content (AvgIpc) is 3.14. The zero-order chi connectivity index (χ0) is 22.0. The maximum atomic E-state index is 13.0. The SMILES string of the molecule is COC(=O)c1cc(Oc2nc3cc(C#Cc4ccc(F)cc4)c(Cl)cc3[nH]2)ccc1C. The molecule has 1 aromatic heterocycles. The third kappa shape index (κ3) is 4.52. The van der Waals surface area contributed by atoms with Gasteiger partial charge in [0, 0.05) is 11.1 Å². The quantitative estimate of drug-likeness (QED) is 0.334. The number of esters is 1. The van der Waals surface area contributed by atoms with Gasteiger partial charge in [-0.05, 0) is 61.0 Å². The molecule has 1 N–H and O–H groups in total. The average molecular weight is 435 g/mol. The Morgan fingerprint density at radius 2 is 1.87 bits per heavy atom. The number of methoxy groups -OCH3 is 1. The molecule has 1 heterocycles. The van der Waals surface area contributed by atoms with E-state index in [2.05, 4.69) is 21.8 Å². The summed E-state index contributed by atoms with van der Waals surface area (Å²) in [6.07, 6.45) is 0. The third-order valence-electron chi connectivity index (χ3n) is 4.56. The molecule has 0 unspecified atom stereocenters. The number of carbonyl (C=O) groups is 1. The number of imidazole rings is 1. The lowest BCUT2D eigenvalue weighted by Crippen LogP contribution is -2.04. The van der Waals surface area contributed by atoms with Crippen LogP contribution < -0.4 is 4.74 Å². The van der Waals surface area contributed by atoms with Crippen LogP contribution in [0, 0.1) is 24.6 Å². The third-order valence-corrected chi connectivity index (χ3v) is 4.88. The lowest BCUT2D eigenvalue weighted by molar-refractivity contribution is 0.0599. The van der Waals surface area contributed by atoms with Crippen molar-refractivity contribution in [3.63, 3.8) is 0 Å². The van der Waals surface area contributed by atoms with Gasteiger partial charge >= 0.3 is 5.97 Å². The fourth-order valence-electron chi connectivity index (χ4n) is 2.93. The first kappa shape index (κ1) is 20.5. The van der Waals surface area contributed by atoms with E-state index in [4.69, 9.17) is 21.1 Å². The van der Waals surface area contributed by atoms with Gasteiger partial charge in [0.1, 0.15) is 11.6 Å². The summed E-state index contributed by atoms with van der Waals surface area (Å²) in [5.41, 5.74) is 3.73. The summed E-state index contributed by atoms with van der Waals surface area (Å²) in [4.78, 5) is 19.4. The number of hydrogen-bond acceptors (Lipinski definition) is 4. The van der Waals surface area contributed by atoms with E-state index in [1.807, 2.05) is 6.92 Å². The number of nitrogens with zero attached hydrogens (tertiary/aromatic N) is 1. The molecule has 0 aliphatic carbocycles. The molecule has 5 nitrogen and oxygen atoms in total. The van der Waals surface area contributed by atoms with Gasteiger partial charge in [-0.3, -0.25) is 0 Å². The monoisotopic (exact) mass is 434 g/mol. The molecule has 0 aliphatic rings. The van der Waals surface area contributed by atoms with Crippen molar-refractivity contribution >= 4 is 28.6 Å². The van der Waals surface area contributed by atoms with E-state index in [1.165, 1.54) is 19.2 Å². The van der Waals surface area contributed by atoms with Crippen molar-refractivity contribution < 1.29 is 18.7 Å². The summed E-state index contributed by atoms with van der Waals surface area (Å²) < 4.78 is 23.6. The summed E-state index contributed by atoms with van der Waals surface area (Å²) in [7, 11) is 1.33. The molecule has 0 saturated heterocycles. The Kier molecular flexibility index (Phi) is 5.61. The highest BCUT2D eigenvalue weighted by Gasteiger charge is 2.13. The van der Waals surface area contributed by atoms with Crippen molar-refractivity contribution in [1.82, 2.24) is 9.97 Å². The normalized spacial score (nSPS) is 10.5. The topological polar surface area (TPSA) is 64.2 Å². The molecule has 4 rings (SSSR count). The molecule has 4 aromatic rings. The maximum absolute atomic E-state index is 13.0. The highest BCUT2D eigenvalue weighted by molar-refractivity contribution is 6.32. The van der Waals surface area contributed by atoms with Crippen molar-refractivity contribution in [2.75, 3.05) is 7.11 Å². The molecule has 7 heteroatoms. The number of hydrogen-bond donors (Lipinski definition) is 1. The van der Waals surface area contributed by atoms with E-state index < -0.39 is 5.97 Å². The Balaban J connectivity index is 1.62. The standard InChI is InChI=1S/C24H16ClFN2O3/c1-14-3-10-18(12-19(14)23(29)30-2)31-24-27-21-11-16(20(25)13-22(21)28-24)7-4-15-5-8-17(26)9-6-15/h3,5-6,8-13H,1-2H3,(H,27,28). The van der Waals surface area contributed by atoms with Gasteiger partial charge in [-0.2, -0.15) is 4.98 Å². The Morgan fingerprint density at radius 3 is 2.61 bits per heavy atom. The van der Waals surface area contributed by atoms with Crippen LogP contribution in [0.1, 0.15) is 27.0 Å². The Hall–Kier alpha value is -3.82. The van der Waals surface area contributed by atoms with Gasteiger partial charge in [-0.25, -0.2) is 9.18 Å². The molecule has 0 amide bonds. The lowest BCUT2D eigenvalue weighted by atomic mass is 10.1. The van der Waals surface area contributed by atoms with Crippen molar-refractivity contribution in [1.29, 1.82) is 0 Å². The highest BCUT2D eigenvalue weighted by atomic mass is 35.5. The van der Waals surface area contributed by atoms with Gasteiger partial charge in [-0.1, -0.05) is 29.5 Å². The van der Waals surface area contributed by atoms with E-state index in [0.29, 0.717) is 38.5 Å². The number of ether oxygens (including phenoxy) is 2. The van der Waals surface area contributed by atoms with Crippen LogP contribution in [-0.4, -0.2) is 23.0 Å². The Morgan fingerprint density at radius 1 is 1.10 bits per heavy atom. The van der Waals surface area contributed by atoms with Crippen molar-refractivity contribution in [2.45, 2.75) is 6.92 Å². The van der Waals surface area contributed by atoms with Crippen molar-refractivity contribution in [3.05, 3.63) is 87.7 Å². The first-order valence-corrected chi connectivity index (χ1v) is 9.64. The number of fused-ring (bicyclic) bond motifs is 1. The summed E-state index contributed by atoms with van der Waals surface area (Å²) in [5.74, 6) is 5.61. The van der Waals surface area contributed by atoms with E-state index in [1.54, 1.807) is 42.5 Å². The fraction of sp³-hybridized carbons (Fsp3) is 0.0833. The van der Waals surface area contributed by atoms with Crippen LogP contribution in [0.2, 0.25) is 5.02 Å². The maximum Gasteiger partial charge on any atom is 0.338 e. The van der Waals surface area contributed by atoms with E-state index in [9.17, 15) is 9.18 Å². The van der Waals surface area contributed by atoms with Crippen LogP contribution in [0.25, 0.3) is 11.0 Å². The summed E-state index contributed by atoms with van der Waals surface area (Å²) in [5, 5.41) is 0.445. The van der Waals surface area contributed by atoms with Gasteiger partial charge in [0.05, 0.1) is 28.7 Å². The fourth-order valence-corrected chi connectivity index (χ4v) is 3.14. The Labute approximate surface area is 182 Å². The molecule has 31 heavy (non-hydrogen) atoms. The Bertz CT molecular complexity index is 1350. The number of rotatable bonds is 3. The first-order valence-electron chi connectivity index (χ1n) is 9.26. The minimum atomic E-state index is -0.441. The summed E-state index contributed by atoms with van der Waals surface area (Å²) in [6, 6.07) is 14.7. The van der Waals surface area contributed by atoms with Crippen LogP contribution in [0.4, 0.5) is 4.39 Å². The molecule has 0 bridgehead atoms. The molecular weight excluding hydrogens is 419 g/mol. The van der Waals surface area contributed by atoms with Gasteiger partial charge in [0.25, 0.3) is 6.01 Å². The first-order chi connectivity index (χ1) is 14.9. The van der Waals surface area contributed by atoms with Gasteiger partial charge in [0.2, 0.25) is 0 Å². The van der Waals surface area contributed by atoms with E-state index in [0.717, 1.165) is 5.56 Å². The predicted octanol–water partition coefficient (Wildman–Crippen LogP) is 5.64. The minimum absolute atomic E-state index is 0.245. The highest BCUT2D eigenvalue weighted by Crippen LogP contribution is 2.27. The predicted molar refractivity (Wildman–Crippen MR) is 116 cm³/mol. The number of carbonyl (C=O) groups excluding carboxylic acids is 1. The van der Waals surface area contributed by atoms with Crippen LogP contribution in [0.15, 0.2) is 54.6 Å². The number of aromatic nitrogens is 2. The minimum Gasteiger partial charge on any atom is -0.465 e. The van der Waals surface area contributed by atoms with Crippen LogP contribution in [-0.2, 0) is 4.74 Å². The number of aromatic amines is 1. The second-order valence-electron chi connectivity index (χ2n) is 6.72. The summed E-state index contributed by atoms with van der Waals surface area (Å²) in [6.45, 7) is 1.81. The molecule has 0 fully saturated rings. The number of nitrogens with one attached hydrogen (secondary N) is 1. The molecule has 0 aliphatic heterocycles. The number of benzene rings is 3. The summed E-state index contributed by atoms with van der Waals surface area (Å²) >= 11 is 6.35. The van der Waals surface area contributed by atoms with Gasteiger partial charge in [0.15, 0.2) is 0 Å². The molecular formula is C24H16ClFN2O3. The number of H-pyrrole nitrogens is 1. The molecule has 3 aromatic carbocycles. The number of halogens is 2. The smallest absolute Gasteiger partial charge is 0.338 e. The lowest BCUT2D eigenvalue weighted by Gasteiger charge is -2.07. The second-order valence-corrected chi connectivity index (χ2v) is 7.13. The second kappa shape index (κ2) is 8.50. The van der Waals surface area contributed by atoms with E-state index in [-0.39, 0.29) is 11.8 Å². The van der Waals surface area contributed by atoms with Crippen molar-refractivity contribution in [3.8, 4) is 23.6 Å². The molecule has 154 valence electrons. The largest absolute Gasteiger partial charge is 0.465 e.